The molecule has 1 nitrogen and oxygen atoms in total. The molecule has 0 heterocycles. The molecule has 3 aromatic rings. The second-order valence-electron chi connectivity index (χ2n) is 4.80. The third kappa shape index (κ3) is 5.00. The van der Waals surface area contributed by atoms with Crippen molar-refractivity contribution < 1.29 is 0 Å². The molecule has 3 aromatic carbocycles. The van der Waals surface area contributed by atoms with Gasteiger partial charge in [0.2, 0.25) is 0 Å². The molecule has 0 unspecified atom stereocenters. The molecule has 0 saturated heterocycles. The third-order valence-corrected chi connectivity index (χ3v) is 3.27. The maximum Gasteiger partial charge on any atom is 0.0487 e. The molecule has 0 bridgehead atoms. The fourth-order valence-electron chi connectivity index (χ4n) is 2.29. The van der Waals surface area contributed by atoms with E-state index in [9.17, 15) is 0 Å². The molecule has 0 aromatic heterocycles. The van der Waals surface area contributed by atoms with Gasteiger partial charge in [0.05, 0.1) is 0 Å². The summed E-state index contributed by atoms with van der Waals surface area (Å²) in [4.78, 5) is 2.22. The molecule has 0 aliphatic rings. The van der Waals surface area contributed by atoms with E-state index < -0.39 is 0 Å². The van der Waals surface area contributed by atoms with Crippen LogP contribution in [0.1, 0.15) is 20.8 Å². The second-order valence-corrected chi connectivity index (χ2v) is 4.80. The van der Waals surface area contributed by atoms with Crippen LogP contribution in [0.2, 0.25) is 0 Å². The number of hydrogen-bond donors (Lipinski definition) is 0. The van der Waals surface area contributed by atoms with E-state index in [-0.39, 0.29) is 0 Å². The number of benzene rings is 3. The smallest absolute Gasteiger partial charge is 0.0487 e. The number of anilines is 2. The molecule has 0 spiro atoms. The highest BCUT2D eigenvalue weighted by molar-refractivity contribution is 5.95. The van der Waals surface area contributed by atoms with Gasteiger partial charge in [-0.3, -0.25) is 0 Å². The molecule has 23 heavy (non-hydrogen) atoms. The third-order valence-electron chi connectivity index (χ3n) is 3.27. The summed E-state index contributed by atoms with van der Waals surface area (Å²) >= 11 is 0. The van der Waals surface area contributed by atoms with Gasteiger partial charge in [-0.15, -0.1) is 6.58 Å². The van der Waals surface area contributed by atoms with Crippen LogP contribution < -0.4 is 4.90 Å². The Bertz CT molecular complexity index is 696. The van der Waals surface area contributed by atoms with Gasteiger partial charge in [-0.2, -0.15) is 0 Å². The van der Waals surface area contributed by atoms with Crippen LogP contribution in [0.15, 0.2) is 85.5 Å². The van der Waals surface area contributed by atoms with Gasteiger partial charge >= 0.3 is 0 Å². The van der Waals surface area contributed by atoms with E-state index in [1.807, 2.05) is 26.8 Å². The predicted molar refractivity (Wildman–Crippen MR) is 106 cm³/mol. The molecule has 0 fully saturated rings. The number of fused-ring (bicyclic) bond motifs is 1. The highest BCUT2D eigenvalue weighted by Crippen LogP contribution is 2.30. The molecule has 0 radical (unpaired) electrons. The van der Waals surface area contributed by atoms with Crippen molar-refractivity contribution in [1.29, 1.82) is 0 Å². The topological polar surface area (TPSA) is 3.24 Å². The van der Waals surface area contributed by atoms with Crippen LogP contribution in [-0.4, -0.2) is 7.05 Å². The van der Waals surface area contributed by atoms with Gasteiger partial charge in [0.15, 0.2) is 0 Å². The zero-order valence-corrected chi connectivity index (χ0v) is 14.7. The van der Waals surface area contributed by atoms with Crippen LogP contribution in [0, 0.1) is 0 Å². The van der Waals surface area contributed by atoms with Gasteiger partial charge in [0.1, 0.15) is 0 Å². The van der Waals surface area contributed by atoms with Crippen molar-refractivity contribution in [2.75, 3.05) is 11.9 Å². The minimum Gasteiger partial charge on any atom is -0.344 e. The average Bonchev–Trinajstić information content (AvgIpc) is 2.64. The van der Waals surface area contributed by atoms with Crippen molar-refractivity contribution in [3.05, 3.63) is 85.5 Å². The molecule has 0 saturated carbocycles. The maximum absolute atomic E-state index is 3.36. The molecular formula is C22H27N. The lowest BCUT2D eigenvalue weighted by Crippen LogP contribution is -2.09. The summed E-state index contributed by atoms with van der Waals surface area (Å²) in [5.41, 5.74) is 2.44. The Hall–Kier alpha value is -2.54. The van der Waals surface area contributed by atoms with Crippen molar-refractivity contribution in [2.24, 2.45) is 0 Å². The Morgan fingerprint density at radius 1 is 0.783 bits per heavy atom. The number of rotatable bonds is 2. The number of para-hydroxylation sites is 1. The quantitative estimate of drug-likeness (QED) is 0.469. The van der Waals surface area contributed by atoms with Crippen LogP contribution in [0.4, 0.5) is 11.4 Å². The van der Waals surface area contributed by atoms with E-state index in [4.69, 9.17) is 0 Å². The molecule has 0 aliphatic heterocycles. The molecule has 1 heteroatoms. The van der Waals surface area contributed by atoms with Crippen molar-refractivity contribution in [3.8, 4) is 0 Å². The number of nitrogens with zero attached hydrogens (tertiary/aromatic N) is 1. The summed E-state index contributed by atoms with van der Waals surface area (Å²) < 4.78 is 0. The van der Waals surface area contributed by atoms with Crippen molar-refractivity contribution >= 4 is 22.1 Å². The first-order valence-corrected chi connectivity index (χ1v) is 8.11. The average molecular weight is 305 g/mol. The van der Waals surface area contributed by atoms with Crippen molar-refractivity contribution in [2.45, 2.75) is 20.8 Å². The van der Waals surface area contributed by atoms with Gasteiger partial charge in [-0.05, 0) is 30.5 Å². The number of hydrogen-bond acceptors (Lipinski definition) is 1. The summed E-state index contributed by atoms with van der Waals surface area (Å²) in [6.45, 7) is 9.25. The van der Waals surface area contributed by atoms with E-state index >= 15 is 0 Å². The Morgan fingerprint density at radius 2 is 1.30 bits per heavy atom. The summed E-state index contributed by atoms with van der Waals surface area (Å²) in [5, 5.41) is 2.56. The summed E-state index contributed by atoms with van der Waals surface area (Å²) in [6.07, 6.45) is 1.75. The monoisotopic (exact) mass is 305 g/mol. The zero-order chi connectivity index (χ0) is 17.1. The minimum atomic E-state index is 1.20. The van der Waals surface area contributed by atoms with Gasteiger partial charge < -0.3 is 4.90 Å². The van der Waals surface area contributed by atoms with E-state index in [1.165, 1.54) is 22.1 Å². The summed E-state index contributed by atoms with van der Waals surface area (Å²) in [7, 11) is 2.11. The number of allylic oxidation sites excluding steroid dienone is 1. The van der Waals surface area contributed by atoms with E-state index in [1.54, 1.807) is 6.08 Å². The normalized spacial score (nSPS) is 9.04. The summed E-state index contributed by atoms with van der Waals surface area (Å²) in [5.74, 6) is 0. The first-order chi connectivity index (χ1) is 11.3. The van der Waals surface area contributed by atoms with Gasteiger partial charge in [0, 0.05) is 23.8 Å². The van der Waals surface area contributed by atoms with E-state index in [0.717, 1.165) is 0 Å². The standard InChI is InChI=1S/C17H15N.C3H6.C2H6/c1-18(15-10-3-2-4-11-15)17-13-7-9-14-8-5-6-12-16(14)17;1-3-2;1-2/h2-13H,1H3;3H,1H2,2H3;1-2H3. The second kappa shape index (κ2) is 10.2. The van der Waals surface area contributed by atoms with Crippen LogP contribution >= 0.6 is 0 Å². The first kappa shape index (κ1) is 18.5. The minimum absolute atomic E-state index is 1.20. The highest BCUT2D eigenvalue weighted by atomic mass is 15.1. The van der Waals surface area contributed by atoms with E-state index in [2.05, 4.69) is 85.3 Å². The molecule has 120 valence electrons. The molecule has 0 aliphatic carbocycles. The maximum atomic E-state index is 3.36. The van der Waals surface area contributed by atoms with Crippen LogP contribution in [0.5, 0.6) is 0 Å². The molecule has 0 atom stereocenters. The molecule has 0 amide bonds. The largest absolute Gasteiger partial charge is 0.344 e. The van der Waals surface area contributed by atoms with Crippen LogP contribution in [0.25, 0.3) is 10.8 Å². The van der Waals surface area contributed by atoms with Gasteiger partial charge in [-0.25, -0.2) is 0 Å². The molecule has 0 N–H and O–H groups in total. The molecular weight excluding hydrogens is 278 g/mol. The fourth-order valence-corrected chi connectivity index (χ4v) is 2.29. The van der Waals surface area contributed by atoms with Gasteiger partial charge in [0.25, 0.3) is 0 Å². The van der Waals surface area contributed by atoms with Crippen molar-refractivity contribution in [3.63, 3.8) is 0 Å². The Morgan fingerprint density at radius 3 is 1.96 bits per heavy atom. The molecule has 3 rings (SSSR count). The highest BCUT2D eigenvalue weighted by Gasteiger charge is 2.06. The van der Waals surface area contributed by atoms with Gasteiger partial charge in [-0.1, -0.05) is 74.5 Å². The fraction of sp³-hybridized carbons (Fsp3) is 0.182. The Balaban J connectivity index is 0.000000477. The summed E-state index contributed by atoms with van der Waals surface area (Å²) in [6, 6.07) is 25.3. The predicted octanol–water partition coefficient (Wildman–Crippen LogP) is 6.83. The van der Waals surface area contributed by atoms with Crippen LogP contribution in [0.3, 0.4) is 0 Å². The SMILES string of the molecule is C=CC.CC.CN(c1ccccc1)c1cccc2ccccc12. The lowest BCUT2D eigenvalue weighted by molar-refractivity contribution is 1.22. The Labute approximate surface area is 140 Å². The lowest BCUT2D eigenvalue weighted by Gasteiger charge is -2.21. The van der Waals surface area contributed by atoms with Crippen LogP contribution in [-0.2, 0) is 0 Å². The zero-order valence-electron chi connectivity index (χ0n) is 14.7. The Kier molecular flexibility index (Phi) is 8.23. The van der Waals surface area contributed by atoms with Crippen molar-refractivity contribution in [1.82, 2.24) is 0 Å². The first-order valence-electron chi connectivity index (χ1n) is 8.11. The lowest BCUT2D eigenvalue weighted by atomic mass is 10.1. The van der Waals surface area contributed by atoms with E-state index in [0.29, 0.717) is 0 Å².